The summed E-state index contributed by atoms with van der Waals surface area (Å²) in [5.74, 6) is 9.75. The van der Waals surface area contributed by atoms with Gasteiger partial charge in [0.1, 0.15) is 5.78 Å². The highest BCUT2D eigenvalue weighted by Gasteiger charge is 2.48. The normalized spacial score (nSPS) is 25.0. The lowest BCUT2D eigenvalue weighted by Crippen LogP contribution is -2.45. The molecule has 91 heavy (non-hydrogen) atoms. The average Bonchev–Trinajstić information content (AvgIpc) is 0.805. The number of hydrogen-bond acceptors (Lipinski definition) is 4. The van der Waals surface area contributed by atoms with Crippen LogP contribution < -0.4 is 0 Å². The molecule has 6 fully saturated rings. The predicted octanol–water partition coefficient (Wildman–Crippen LogP) is 26.4. The van der Waals surface area contributed by atoms with Gasteiger partial charge in [0.2, 0.25) is 0 Å². The zero-order chi connectivity index (χ0) is 71.4. The third kappa shape index (κ3) is 36.8. The Bertz CT molecular complexity index is 2540. The zero-order valence-electron chi connectivity index (χ0n) is 64.7. The first-order valence-corrected chi connectivity index (χ1v) is 34.8. The maximum absolute atomic E-state index is 11.3. The molecule has 1 unspecified atom stereocenters. The van der Waals surface area contributed by atoms with Gasteiger partial charge in [-0.1, -0.05) is 246 Å². The number of aliphatic hydroxyl groups is 1. The lowest BCUT2D eigenvalue weighted by molar-refractivity contribution is -0.127. The smallest absolute Gasteiger partial charge is 0.133 e. The van der Waals surface area contributed by atoms with Gasteiger partial charge in [0.25, 0.3) is 0 Å². The van der Waals surface area contributed by atoms with Crippen LogP contribution in [0.4, 0.5) is 0 Å². The van der Waals surface area contributed by atoms with E-state index in [1.807, 2.05) is 19.1 Å². The molecule has 0 aromatic rings. The summed E-state index contributed by atoms with van der Waals surface area (Å²) in [6.07, 6.45) is 42.8. The molecule has 8 nitrogen and oxygen atoms in total. The first kappa shape index (κ1) is 86.6. The van der Waals surface area contributed by atoms with Gasteiger partial charge in [0.15, 0.2) is 0 Å². The second-order valence-electron chi connectivity index (χ2n) is 40.0. The Morgan fingerprint density at radius 1 is 0.451 bits per heavy atom. The first-order valence-electron chi connectivity index (χ1n) is 34.8. The minimum Gasteiger partial charge on any atom is -0.390 e. The predicted molar refractivity (Wildman–Crippen MR) is 402 cm³/mol. The molecule has 0 radical (unpaired) electrons. The van der Waals surface area contributed by atoms with Gasteiger partial charge in [-0.2, -0.15) is 0 Å². The van der Waals surface area contributed by atoms with Crippen LogP contribution >= 0.6 is 0 Å². The van der Waals surface area contributed by atoms with Gasteiger partial charge in [-0.05, 0) is 233 Å². The number of terminal acetylenes is 2. The van der Waals surface area contributed by atoms with Crippen molar-refractivity contribution in [2.45, 2.75) is 346 Å². The van der Waals surface area contributed by atoms with E-state index in [1.54, 1.807) is 5.57 Å². The van der Waals surface area contributed by atoms with E-state index in [9.17, 15) is 9.90 Å². The van der Waals surface area contributed by atoms with Gasteiger partial charge < -0.3 is 5.11 Å². The number of rotatable bonds is 10. The van der Waals surface area contributed by atoms with Crippen molar-refractivity contribution >= 4 is 5.78 Å². The van der Waals surface area contributed by atoms with E-state index < -0.39 is 5.60 Å². The topological polar surface area (TPSA) is 135 Å². The standard InChI is InChI=1S/2C14H26.2C13H23N3.C13H24O.C10H18O.C6H2.2H2/c1-11(2)7-12-8-13(3,4)10-14(5,6)9-12;1-7-8-14(6)10-12(2,3)9-13(4,5)11-14;1-10(15-16-14)6-11-7-12(2,3)9-13(4,5)8-11;1-6-7-13(15-16-14)9-11(2,3)8-12(4,5)10-13;1-6-7-13(14)9-11(2,3)8-12(4,5)10-13;1-9(2)5-8(11)6-10(3,4)7-9;1-3-5-6-4-2;;/h7,11H,8-10H2,1-6H3;7H,1,8-11H2,2-6H3;6,10H,7-9H2,1-5H3;6H,1,7-10H2,2-5H3;6,14H,1,7-10H2,2-5H3;5-7H2,1-4H3;1-2H;2*1H. The quantitative estimate of drug-likeness (QED) is 0.0767. The van der Waals surface area contributed by atoms with Gasteiger partial charge in [-0.25, -0.2) is 0 Å². The Balaban J connectivity index is -0.00000102. The molecule has 0 aliphatic heterocycles. The lowest BCUT2D eigenvalue weighted by Gasteiger charge is -2.50. The minimum absolute atomic E-state index is 0. The van der Waals surface area contributed by atoms with Gasteiger partial charge in [0.05, 0.1) is 17.2 Å². The van der Waals surface area contributed by atoms with Gasteiger partial charge in [0, 0.05) is 25.5 Å². The van der Waals surface area contributed by atoms with Crippen LogP contribution in [0, 0.1) is 113 Å². The minimum atomic E-state index is -0.521. The van der Waals surface area contributed by atoms with Gasteiger partial charge >= 0.3 is 0 Å². The average molecular weight is 1260 g/mol. The third-order valence-corrected chi connectivity index (χ3v) is 18.4. The van der Waals surface area contributed by atoms with Crippen LogP contribution in [-0.2, 0) is 4.79 Å². The van der Waals surface area contributed by atoms with E-state index >= 15 is 0 Å². The zero-order valence-corrected chi connectivity index (χ0v) is 64.7. The molecule has 0 saturated heterocycles. The second kappa shape index (κ2) is 33.8. The Labute approximate surface area is 566 Å². The molecule has 0 amide bonds. The Kier molecular flexibility index (Phi) is 32.2. The molecule has 1 atom stereocenters. The van der Waals surface area contributed by atoms with Crippen molar-refractivity contribution in [1.29, 1.82) is 0 Å². The molecular formula is C83H146N6O2. The van der Waals surface area contributed by atoms with E-state index in [2.05, 4.69) is 269 Å². The highest BCUT2D eigenvalue weighted by molar-refractivity contribution is 5.80. The molecule has 6 aliphatic rings. The summed E-state index contributed by atoms with van der Waals surface area (Å²) in [5, 5.41) is 18.3. The summed E-state index contributed by atoms with van der Waals surface area (Å²) < 4.78 is 0. The molecule has 0 aromatic carbocycles. The molecule has 1 N–H and O–H groups in total. The van der Waals surface area contributed by atoms with Crippen molar-refractivity contribution in [3.05, 3.63) is 82.1 Å². The summed E-state index contributed by atoms with van der Waals surface area (Å²) >= 11 is 0. The van der Waals surface area contributed by atoms with Gasteiger partial charge in [-0.15, -0.1) is 32.6 Å². The molecule has 0 heterocycles. The summed E-state index contributed by atoms with van der Waals surface area (Å²) in [4.78, 5) is 17.2. The summed E-state index contributed by atoms with van der Waals surface area (Å²) in [5.41, 5.74) is 24.2. The number of carbonyl (C=O) groups is 1. The fourth-order valence-corrected chi connectivity index (χ4v) is 21.1. The SMILES string of the molecule is C#CC#CC#C.C=CCC1(C)CC(C)(C)CC(C)(C)C1.C=CCC1(N=[N+]=[N-])CC(C)(C)CC(C)(C)C1.C=CCC1(O)CC(C)(C)CC(C)(C)C1.CC(C)C=C1CC(C)(C)CC(C)(C)C1.CC(C=C1CC(C)(C)CC(C)(C)C1)N=[N+]=[N-].CC1(C)CC(=O)CC(C)(C)C1.[HH].[HH]. The van der Waals surface area contributed by atoms with E-state index in [4.69, 9.17) is 23.9 Å². The van der Waals surface area contributed by atoms with Crippen LogP contribution in [-0.4, -0.2) is 28.1 Å². The number of allylic oxidation sites excluding steroid dienone is 4. The second-order valence-corrected chi connectivity index (χ2v) is 40.0. The van der Waals surface area contributed by atoms with E-state index in [-0.39, 0.29) is 46.9 Å². The molecule has 520 valence electrons. The Morgan fingerprint density at radius 2 is 0.747 bits per heavy atom. The number of hydrogen-bond donors (Lipinski definition) is 1. The van der Waals surface area contributed by atoms with Crippen LogP contribution in [0.3, 0.4) is 0 Å². The maximum atomic E-state index is 11.3. The van der Waals surface area contributed by atoms with E-state index in [0.29, 0.717) is 49.6 Å². The van der Waals surface area contributed by atoms with Crippen molar-refractivity contribution in [1.82, 2.24) is 0 Å². The highest BCUT2D eigenvalue weighted by atomic mass is 16.3. The molecule has 6 aliphatic carbocycles. The lowest BCUT2D eigenvalue weighted by atomic mass is 9.55. The molecule has 8 heteroatoms. The summed E-state index contributed by atoms with van der Waals surface area (Å²) in [6, 6.07) is -0.0234. The first-order chi connectivity index (χ1) is 40.8. The van der Waals surface area contributed by atoms with Crippen LogP contribution in [0.2, 0.25) is 0 Å². The van der Waals surface area contributed by atoms with E-state index in [0.717, 1.165) is 64.2 Å². The van der Waals surface area contributed by atoms with Crippen LogP contribution in [0.5, 0.6) is 0 Å². The summed E-state index contributed by atoms with van der Waals surface area (Å²) in [7, 11) is 0. The summed E-state index contributed by atoms with van der Waals surface area (Å²) in [6.45, 7) is 75.7. The molecule has 6 saturated carbocycles. The number of carbonyl (C=O) groups excluding carboxylic acids is 1. The van der Waals surface area contributed by atoms with Crippen molar-refractivity contribution in [2.24, 2.45) is 86.5 Å². The molecular weight excluding hydrogens is 1110 g/mol. The Hall–Kier alpha value is -4.37. The van der Waals surface area contributed by atoms with Crippen LogP contribution in [0.25, 0.3) is 20.9 Å². The molecule has 0 bridgehead atoms. The fourth-order valence-electron chi connectivity index (χ4n) is 21.1. The maximum Gasteiger partial charge on any atom is 0.133 e. The van der Waals surface area contributed by atoms with Crippen molar-refractivity contribution in [3.8, 4) is 36.5 Å². The third-order valence-electron chi connectivity index (χ3n) is 18.4. The molecule has 0 aromatic heterocycles. The number of ketones is 1. The fraction of sp³-hybridized carbons (Fsp3) is 0.795. The number of Topliss-reactive ketones (excluding diaryl/α,β-unsaturated/α-hetero) is 1. The van der Waals surface area contributed by atoms with Crippen molar-refractivity contribution in [2.75, 3.05) is 0 Å². The van der Waals surface area contributed by atoms with Gasteiger partial charge in [-0.3, -0.25) is 4.79 Å². The largest absolute Gasteiger partial charge is 0.390 e. The Morgan fingerprint density at radius 3 is 1.03 bits per heavy atom. The van der Waals surface area contributed by atoms with Crippen molar-refractivity contribution in [3.63, 3.8) is 0 Å². The van der Waals surface area contributed by atoms with Crippen LogP contribution in [0.15, 0.2) is 71.5 Å². The monoisotopic (exact) mass is 1260 g/mol. The number of nitrogens with zero attached hydrogens (tertiary/aromatic N) is 6. The molecule has 0 spiro atoms. The van der Waals surface area contributed by atoms with E-state index in [1.165, 1.54) is 76.2 Å². The molecule has 6 rings (SSSR count). The van der Waals surface area contributed by atoms with Crippen molar-refractivity contribution < 1.29 is 12.8 Å². The number of azide groups is 2. The highest BCUT2D eigenvalue weighted by Crippen LogP contribution is 2.57. The van der Waals surface area contributed by atoms with Crippen LogP contribution in [0.1, 0.15) is 332 Å².